The van der Waals surface area contributed by atoms with Crippen LogP contribution in [-0.2, 0) is 4.74 Å². The Labute approximate surface area is 93.2 Å². The zero-order chi connectivity index (χ0) is 10.9. The molecular weight excluding hydrogens is 188 g/mol. The fourth-order valence-electron chi connectivity index (χ4n) is 2.07. The Morgan fingerprint density at radius 2 is 2.47 bits per heavy atom. The molecule has 0 spiro atoms. The largest absolute Gasteiger partial charge is 0.383 e. The number of rotatable bonds is 6. The molecule has 86 valence electrons. The lowest BCUT2D eigenvalue weighted by molar-refractivity contribution is 0.177. The molecule has 0 aromatic rings. The summed E-state index contributed by atoms with van der Waals surface area (Å²) < 4.78 is 4.99. The zero-order valence-corrected chi connectivity index (χ0v) is 9.67. The van der Waals surface area contributed by atoms with E-state index in [4.69, 9.17) is 11.2 Å². The molecule has 0 aromatic carbocycles. The van der Waals surface area contributed by atoms with Crippen molar-refractivity contribution in [2.24, 2.45) is 5.92 Å². The fourth-order valence-corrected chi connectivity index (χ4v) is 2.07. The van der Waals surface area contributed by atoms with Gasteiger partial charge in [-0.25, -0.2) is 0 Å². The summed E-state index contributed by atoms with van der Waals surface area (Å²) in [7, 11) is 1.73. The lowest BCUT2D eigenvalue weighted by atomic mass is 9.98. The molecule has 1 saturated heterocycles. The molecule has 1 unspecified atom stereocenters. The maximum atomic E-state index is 5.32. The zero-order valence-electron chi connectivity index (χ0n) is 9.67. The highest BCUT2D eigenvalue weighted by molar-refractivity contribution is 4.90. The second kappa shape index (κ2) is 7.70. The highest BCUT2D eigenvalue weighted by atomic mass is 16.5. The number of ether oxygens (including phenoxy) is 1. The second-order valence-electron chi connectivity index (χ2n) is 4.14. The second-order valence-corrected chi connectivity index (χ2v) is 4.14. The number of likely N-dealkylation sites (tertiary alicyclic amines) is 1. The van der Waals surface area contributed by atoms with Gasteiger partial charge in [0.2, 0.25) is 0 Å². The molecule has 1 fully saturated rings. The van der Waals surface area contributed by atoms with Crippen LogP contribution in [0.4, 0.5) is 0 Å². The minimum Gasteiger partial charge on any atom is -0.383 e. The summed E-state index contributed by atoms with van der Waals surface area (Å²) in [6.07, 6.45) is 7.92. The van der Waals surface area contributed by atoms with Gasteiger partial charge in [0.05, 0.1) is 13.2 Å². The molecule has 3 heteroatoms. The van der Waals surface area contributed by atoms with Gasteiger partial charge in [0.15, 0.2) is 0 Å². The van der Waals surface area contributed by atoms with Crippen molar-refractivity contribution in [2.45, 2.75) is 12.8 Å². The molecule has 1 aliphatic rings. The third-order valence-corrected chi connectivity index (χ3v) is 2.83. The van der Waals surface area contributed by atoms with Gasteiger partial charge in [0.1, 0.15) is 0 Å². The van der Waals surface area contributed by atoms with Gasteiger partial charge in [0.25, 0.3) is 0 Å². The Balaban J connectivity index is 2.10. The minimum absolute atomic E-state index is 0.754. The number of terminal acetylenes is 1. The number of piperidine rings is 1. The molecular formula is C12H22N2O. The van der Waals surface area contributed by atoms with E-state index in [1.54, 1.807) is 7.11 Å². The van der Waals surface area contributed by atoms with Gasteiger partial charge in [-0.05, 0) is 31.8 Å². The molecule has 0 saturated carbocycles. The van der Waals surface area contributed by atoms with Crippen LogP contribution in [0.3, 0.4) is 0 Å². The lowest BCUT2D eigenvalue weighted by Gasteiger charge is -2.31. The van der Waals surface area contributed by atoms with Crippen molar-refractivity contribution in [3.63, 3.8) is 0 Å². The van der Waals surface area contributed by atoms with Gasteiger partial charge >= 0.3 is 0 Å². The van der Waals surface area contributed by atoms with Crippen molar-refractivity contribution in [1.82, 2.24) is 10.2 Å². The van der Waals surface area contributed by atoms with E-state index in [1.807, 2.05) is 0 Å². The standard InChI is InChI=1S/C12H22N2O/c1-3-7-14-8-4-5-12(11-14)10-13-6-9-15-2/h1,12-13H,4-11H2,2H3. The van der Waals surface area contributed by atoms with E-state index in [1.165, 1.54) is 19.4 Å². The van der Waals surface area contributed by atoms with Gasteiger partial charge in [-0.15, -0.1) is 6.42 Å². The van der Waals surface area contributed by atoms with Crippen LogP contribution in [0, 0.1) is 18.3 Å². The van der Waals surface area contributed by atoms with Crippen molar-refractivity contribution in [3.05, 3.63) is 0 Å². The average Bonchev–Trinajstić information content (AvgIpc) is 2.26. The summed E-state index contributed by atoms with van der Waals surface area (Å²) in [6, 6.07) is 0. The third kappa shape index (κ3) is 5.17. The third-order valence-electron chi connectivity index (χ3n) is 2.83. The predicted molar refractivity (Wildman–Crippen MR) is 62.7 cm³/mol. The molecule has 15 heavy (non-hydrogen) atoms. The summed E-state index contributed by atoms with van der Waals surface area (Å²) in [6.45, 7) is 5.94. The maximum absolute atomic E-state index is 5.32. The number of hydrogen-bond donors (Lipinski definition) is 1. The monoisotopic (exact) mass is 210 g/mol. The molecule has 1 heterocycles. The number of hydrogen-bond acceptors (Lipinski definition) is 3. The molecule has 1 N–H and O–H groups in total. The van der Waals surface area contributed by atoms with E-state index in [2.05, 4.69) is 16.1 Å². The van der Waals surface area contributed by atoms with Crippen LogP contribution in [0.5, 0.6) is 0 Å². The van der Waals surface area contributed by atoms with Crippen LogP contribution in [-0.4, -0.2) is 51.3 Å². The van der Waals surface area contributed by atoms with Gasteiger partial charge < -0.3 is 10.1 Å². The Bertz CT molecular complexity index is 200. The smallest absolute Gasteiger partial charge is 0.0599 e. The molecule has 0 amide bonds. The van der Waals surface area contributed by atoms with Gasteiger partial charge in [0, 0.05) is 20.2 Å². The summed E-state index contributed by atoms with van der Waals surface area (Å²) >= 11 is 0. The molecule has 0 bridgehead atoms. The molecule has 0 aromatic heterocycles. The van der Waals surface area contributed by atoms with Crippen molar-refractivity contribution < 1.29 is 4.74 Å². The summed E-state index contributed by atoms with van der Waals surface area (Å²) in [5, 5.41) is 3.42. The predicted octanol–water partition coefficient (Wildman–Crippen LogP) is 0.568. The van der Waals surface area contributed by atoms with Crippen molar-refractivity contribution in [3.8, 4) is 12.3 Å². The van der Waals surface area contributed by atoms with Crippen LogP contribution in [0.25, 0.3) is 0 Å². The van der Waals surface area contributed by atoms with E-state index in [9.17, 15) is 0 Å². The van der Waals surface area contributed by atoms with E-state index in [0.717, 1.165) is 38.7 Å². The van der Waals surface area contributed by atoms with Crippen LogP contribution in [0.15, 0.2) is 0 Å². The highest BCUT2D eigenvalue weighted by Crippen LogP contribution is 2.14. The fraction of sp³-hybridized carbons (Fsp3) is 0.833. The Kier molecular flexibility index (Phi) is 6.42. The van der Waals surface area contributed by atoms with E-state index in [0.29, 0.717) is 0 Å². The average molecular weight is 210 g/mol. The minimum atomic E-state index is 0.754. The van der Waals surface area contributed by atoms with Crippen molar-refractivity contribution in [2.75, 3.05) is 46.4 Å². The molecule has 3 nitrogen and oxygen atoms in total. The molecule has 0 aliphatic carbocycles. The van der Waals surface area contributed by atoms with Gasteiger partial charge in [-0.1, -0.05) is 5.92 Å². The summed E-state index contributed by atoms with van der Waals surface area (Å²) in [4.78, 5) is 2.37. The first kappa shape index (κ1) is 12.5. The Morgan fingerprint density at radius 3 is 3.20 bits per heavy atom. The molecule has 1 rings (SSSR count). The number of nitrogens with zero attached hydrogens (tertiary/aromatic N) is 1. The first-order chi connectivity index (χ1) is 7.36. The maximum Gasteiger partial charge on any atom is 0.0599 e. The van der Waals surface area contributed by atoms with E-state index < -0.39 is 0 Å². The number of nitrogens with one attached hydrogen (secondary N) is 1. The topological polar surface area (TPSA) is 24.5 Å². The van der Waals surface area contributed by atoms with Crippen molar-refractivity contribution >= 4 is 0 Å². The summed E-state index contributed by atoms with van der Waals surface area (Å²) in [5.74, 6) is 3.47. The van der Waals surface area contributed by atoms with E-state index >= 15 is 0 Å². The Morgan fingerprint density at radius 1 is 1.60 bits per heavy atom. The Hall–Kier alpha value is -0.560. The summed E-state index contributed by atoms with van der Waals surface area (Å²) in [5.41, 5.74) is 0. The lowest BCUT2D eigenvalue weighted by Crippen LogP contribution is -2.40. The number of methoxy groups -OCH3 is 1. The van der Waals surface area contributed by atoms with Crippen LogP contribution < -0.4 is 5.32 Å². The first-order valence-corrected chi connectivity index (χ1v) is 5.72. The van der Waals surface area contributed by atoms with Crippen molar-refractivity contribution in [1.29, 1.82) is 0 Å². The first-order valence-electron chi connectivity index (χ1n) is 5.72. The quantitative estimate of drug-likeness (QED) is 0.512. The SMILES string of the molecule is C#CCN1CCCC(CNCCOC)C1. The highest BCUT2D eigenvalue weighted by Gasteiger charge is 2.18. The van der Waals surface area contributed by atoms with Crippen LogP contribution in [0.2, 0.25) is 0 Å². The van der Waals surface area contributed by atoms with Crippen LogP contribution in [0.1, 0.15) is 12.8 Å². The van der Waals surface area contributed by atoms with Gasteiger partial charge in [-0.2, -0.15) is 0 Å². The van der Waals surface area contributed by atoms with Gasteiger partial charge in [-0.3, -0.25) is 4.90 Å². The molecule has 0 radical (unpaired) electrons. The molecule has 1 aliphatic heterocycles. The molecule has 1 atom stereocenters. The van der Waals surface area contributed by atoms with Crippen LogP contribution >= 0.6 is 0 Å². The van der Waals surface area contributed by atoms with E-state index in [-0.39, 0.29) is 0 Å². The normalized spacial score (nSPS) is 22.5.